The second-order valence-corrected chi connectivity index (χ2v) is 3.43. The van der Waals surface area contributed by atoms with Gasteiger partial charge >= 0.3 is 5.97 Å². The quantitative estimate of drug-likeness (QED) is 0.805. The minimum absolute atomic E-state index is 0.194. The zero-order chi connectivity index (χ0) is 12.1. The third-order valence-corrected chi connectivity index (χ3v) is 2.12. The zero-order valence-electron chi connectivity index (χ0n) is 9.04. The molecule has 0 amide bonds. The van der Waals surface area contributed by atoms with Gasteiger partial charge in [0.05, 0.1) is 11.8 Å². The number of rotatable bonds is 3. The average Bonchev–Trinajstić information content (AvgIpc) is 2.37. The molecule has 0 radical (unpaired) electrons. The van der Waals surface area contributed by atoms with Crippen LogP contribution in [0.3, 0.4) is 0 Å². The largest absolute Gasteiger partial charge is 0.457 e. The SMILES string of the molecule is Nc1cc(C(=O)OCc2ccccc2)cnn1. The minimum Gasteiger partial charge on any atom is -0.457 e. The van der Waals surface area contributed by atoms with E-state index in [0.717, 1.165) is 5.56 Å². The first-order valence-electron chi connectivity index (χ1n) is 5.05. The molecule has 0 fully saturated rings. The molecule has 0 aliphatic heterocycles. The second-order valence-electron chi connectivity index (χ2n) is 3.43. The van der Waals surface area contributed by atoms with Crippen molar-refractivity contribution in [3.63, 3.8) is 0 Å². The molecule has 2 rings (SSSR count). The van der Waals surface area contributed by atoms with Crippen LogP contribution in [-0.2, 0) is 11.3 Å². The van der Waals surface area contributed by atoms with Gasteiger partial charge in [-0.1, -0.05) is 30.3 Å². The fourth-order valence-electron chi connectivity index (χ4n) is 1.30. The van der Waals surface area contributed by atoms with Crippen LogP contribution in [0.5, 0.6) is 0 Å². The maximum atomic E-state index is 11.6. The standard InChI is InChI=1S/C12H11N3O2/c13-11-6-10(7-14-15-11)12(16)17-8-9-4-2-1-3-5-9/h1-7H,8H2,(H2,13,15). The van der Waals surface area contributed by atoms with Crippen LogP contribution in [0.25, 0.3) is 0 Å². The molecular formula is C12H11N3O2. The first kappa shape index (κ1) is 11.1. The molecule has 86 valence electrons. The molecule has 1 heterocycles. The molecule has 5 nitrogen and oxygen atoms in total. The lowest BCUT2D eigenvalue weighted by atomic mass is 10.2. The molecule has 2 aromatic rings. The third kappa shape index (κ3) is 3.01. The minimum atomic E-state index is -0.463. The maximum Gasteiger partial charge on any atom is 0.340 e. The number of hydrogen-bond acceptors (Lipinski definition) is 5. The first-order chi connectivity index (χ1) is 8.25. The number of hydrogen-bond donors (Lipinski definition) is 1. The van der Waals surface area contributed by atoms with E-state index in [0.29, 0.717) is 5.56 Å². The summed E-state index contributed by atoms with van der Waals surface area (Å²) in [4.78, 5) is 11.6. The first-order valence-corrected chi connectivity index (χ1v) is 5.05. The van der Waals surface area contributed by atoms with E-state index in [9.17, 15) is 4.79 Å². The summed E-state index contributed by atoms with van der Waals surface area (Å²) in [5.41, 5.74) is 6.65. The molecule has 0 aliphatic rings. The Balaban J connectivity index is 1.98. The maximum absolute atomic E-state index is 11.6. The summed E-state index contributed by atoms with van der Waals surface area (Å²) in [6, 6.07) is 10.9. The fourth-order valence-corrected chi connectivity index (χ4v) is 1.30. The van der Waals surface area contributed by atoms with Crippen LogP contribution in [-0.4, -0.2) is 16.2 Å². The van der Waals surface area contributed by atoms with Crippen molar-refractivity contribution in [2.24, 2.45) is 0 Å². The van der Waals surface area contributed by atoms with Crippen molar-refractivity contribution in [3.05, 3.63) is 53.7 Å². The monoisotopic (exact) mass is 229 g/mol. The van der Waals surface area contributed by atoms with Crippen LogP contribution in [0, 0.1) is 0 Å². The molecule has 0 aliphatic carbocycles. The van der Waals surface area contributed by atoms with Gasteiger partial charge in [0.25, 0.3) is 0 Å². The molecule has 0 spiro atoms. The third-order valence-electron chi connectivity index (χ3n) is 2.12. The van der Waals surface area contributed by atoms with Gasteiger partial charge in [0.1, 0.15) is 12.4 Å². The van der Waals surface area contributed by atoms with E-state index in [2.05, 4.69) is 10.2 Å². The van der Waals surface area contributed by atoms with Crippen LogP contribution in [0.1, 0.15) is 15.9 Å². The lowest BCUT2D eigenvalue weighted by molar-refractivity contribution is 0.0472. The highest BCUT2D eigenvalue weighted by atomic mass is 16.5. The van der Waals surface area contributed by atoms with Gasteiger partial charge in [-0.15, -0.1) is 5.10 Å². The topological polar surface area (TPSA) is 78.1 Å². The van der Waals surface area contributed by atoms with E-state index in [-0.39, 0.29) is 12.4 Å². The number of nitrogens with zero attached hydrogens (tertiary/aromatic N) is 2. The van der Waals surface area contributed by atoms with Gasteiger partial charge in [0.15, 0.2) is 0 Å². The highest BCUT2D eigenvalue weighted by molar-refractivity contribution is 5.89. The average molecular weight is 229 g/mol. The summed E-state index contributed by atoms with van der Waals surface area (Å²) in [6.45, 7) is 0.224. The predicted octanol–water partition coefficient (Wildman–Crippen LogP) is 1.42. The Kier molecular flexibility index (Phi) is 3.30. The van der Waals surface area contributed by atoms with Crippen molar-refractivity contribution in [1.29, 1.82) is 0 Å². The van der Waals surface area contributed by atoms with Crippen molar-refractivity contribution in [2.45, 2.75) is 6.61 Å². The number of nitrogens with two attached hydrogens (primary N) is 1. The van der Waals surface area contributed by atoms with E-state index in [1.165, 1.54) is 12.3 Å². The van der Waals surface area contributed by atoms with Crippen LogP contribution in [0.15, 0.2) is 42.6 Å². The van der Waals surface area contributed by atoms with Crippen molar-refractivity contribution < 1.29 is 9.53 Å². The summed E-state index contributed by atoms with van der Waals surface area (Å²) in [5.74, 6) is -0.269. The molecule has 0 atom stereocenters. The molecule has 0 saturated carbocycles. The van der Waals surface area contributed by atoms with E-state index in [1.54, 1.807) is 0 Å². The number of aromatic nitrogens is 2. The molecular weight excluding hydrogens is 218 g/mol. The van der Waals surface area contributed by atoms with Crippen molar-refractivity contribution in [2.75, 3.05) is 5.73 Å². The molecule has 5 heteroatoms. The second kappa shape index (κ2) is 5.07. The molecule has 0 saturated heterocycles. The lowest BCUT2D eigenvalue weighted by Crippen LogP contribution is -2.07. The number of esters is 1. The van der Waals surface area contributed by atoms with Gasteiger partial charge in [0, 0.05) is 0 Å². The van der Waals surface area contributed by atoms with Crippen molar-refractivity contribution in [3.8, 4) is 0 Å². The Morgan fingerprint density at radius 2 is 2.06 bits per heavy atom. The van der Waals surface area contributed by atoms with Gasteiger partial charge in [-0.2, -0.15) is 5.10 Å². The van der Waals surface area contributed by atoms with E-state index >= 15 is 0 Å². The number of carbonyl (C=O) groups is 1. The number of benzene rings is 1. The van der Waals surface area contributed by atoms with E-state index in [4.69, 9.17) is 10.5 Å². The number of anilines is 1. The molecule has 1 aromatic heterocycles. The molecule has 0 bridgehead atoms. The van der Waals surface area contributed by atoms with Crippen LogP contribution in [0.2, 0.25) is 0 Å². The van der Waals surface area contributed by atoms with Gasteiger partial charge in [-0.25, -0.2) is 4.79 Å². The highest BCUT2D eigenvalue weighted by Gasteiger charge is 2.08. The Morgan fingerprint density at radius 3 is 2.76 bits per heavy atom. The summed E-state index contributed by atoms with van der Waals surface area (Å²) in [5, 5.41) is 7.14. The smallest absolute Gasteiger partial charge is 0.340 e. The normalized spacial score (nSPS) is 9.88. The number of nitrogen functional groups attached to an aromatic ring is 1. The summed E-state index contributed by atoms with van der Waals surface area (Å²) < 4.78 is 5.11. The fraction of sp³-hybridized carbons (Fsp3) is 0.0833. The number of ether oxygens (including phenoxy) is 1. The van der Waals surface area contributed by atoms with Crippen LogP contribution >= 0.6 is 0 Å². The lowest BCUT2D eigenvalue weighted by Gasteiger charge is -2.04. The van der Waals surface area contributed by atoms with Gasteiger partial charge in [-0.05, 0) is 11.6 Å². The van der Waals surface area contributed by atoms with Crippen LogP contribution in [0.4, 0.5) is 5.82 Å². The summed E-state index contributed by atoms with van der Waals surface area (Å²) in [6.07, 6.45) is 1.32. The molecule has 2 N–H and O–H groups in total. The molecule has 1 aromatic carbocycles. The van der Waals surface area contributed by atoms with Crippen LogP contribution < -0.4 is 5.73 Å². The number of carbonyl (C=O) groups excluding carboxylic acids is 1. The highest BCUT2D eigenvalue weighted by Crippen LogP contribution is 2.06. The zero-order valence-corrected chi connectivity index (χ0v) is 9.04. The van der Waals surface area contributed by atoms with Gasteiger partial charge < -0.3 is 10.5 Å². The Labute approximate surface area is 98.2 Å². The Morgan fingerprint density at radius 1 is 1.29 bits per heavy atom. The van der Waals surface area contributed by atoms with Gasteiger partial charge in [-0.3, -0.25) is 0 Å². The van der Waals surface area contributed by atoms with E-state index < -0.39 is 5.97 Å². The van der Waals surface area contributed by atoms with Gasteiger partial charge in [0.2, 0.25) is 0 Å². The summed E-state index contributed by atoms with van der Waals surface area (Å²) >= 11 is 0. The molecule has 0 unspecified atom stereocenters. The summed E-state index contributed by atoms with van der Waals surface area (Å²) in [7, 11) is 0. The Bertz CT molecular complexity index is 514. The Hall–Kier alpha value is -2.43. The molecule has 17 heavy (non-hydrogen) atoms. The van der Waals surface area contributed by atoms with E-state index in [1.807, 2.05) is 30.3 Å². The van der Waals surface area contributed by atoms with Crippen molar-refractivity contribution in [1.82, 2.24) is 10.2 Å². The predicted molar refractivity (Wildman–Crippen MR) is 62.0 cm³/mol. The van der Waals surface area contributed by atoms with Crippen molar-refractivity contribution >= 4 is 11.8 Å².